The maximum absolute atomic E-state index is 13.2. The number of alkyl halides is 1. The number of rotatable bonds is 4. The maximum Gasteiger partial charge on any atom is 0.272 e. The summed E-state index contributed by atoms with van der Waals surface area (Å²) in [5.74, 6) is -0.824. The van der Waals surface area contributed by atoms with Gasteiger partial charge in [0.1, 0.15) is 29.7 Å². The summed E-state index contributed by atoms with van der Waals surface area (Å²) in [6.07, 6.45) is 0.354. The Morgan fingerprint density at radius 3 is 2.61 bits per heavy atom. The second-order valence-corrected chi connectivity index (χ2v) is 7.15. The van der Waals surface area contributed by atoms with Gasteiger partial charge in [-0.05, 0) is 42.7 Å². The highest BCUT2D eigenvalue weighted by Crippen LogP contribution is 2.35. The number of aromatic nitrogens is 1. The van der Waals surface area contributed by atoms with Crippen LogP contribution in [0, 0.1) is 5.82 Å². The lowest BCUT2D eigenvalue weighted by molar-refractivity contribution is -0.117. The Balaban J connectivity index is 2.12. The summed E-state index contributed by atoms with van der Waals surface area (Å²) in [6, 6.07) is 7.56. The lowest BCUT2D eigenvalue weighted by Crippen LogP contribution is -2.46. The molecule has 1 aromatic heterocycles. The van der Waals surface area contributed by atoms with Gasteiger partial charge in [0.25, 0.3) is 5.91 Å². The van der Waals surface area contributed by atoms with E-state index in [4.69, 9.17) is 16.3 Å². The molecule has 0 radical (unpaired) electrons. The number of carbonyl (C=O) groups excluding carboxylic acids is 2. The van der Waals surface area contributed by atoms with E-state index in [-0.39, 0.29) is 47.7 Å². The molecule has 1 unspecified atom stereocenters. The van der Waals surface area contributed by atoms with Crippen LogP contribution in [0.4, 0.5) is 10.1 Å². The van der Waals surface area contributed by atoms with Gasteiger partial charge in [0.2, 0.25) is 11.8 Å². The minimum atomic E-state index is -0.335. The largest absolute Gasteiger partial charge is 0.474 e. The summed E-state index contributed by atoms with van der Waals surface area (Å²) in [4.78, 5) is 32.4. The number of carbonyl (C=O) groups is 2. The molecule has 0 fully saturated rings. The Bertz CT molecular complexity index is 902. The molecule has 2 aromatic rings. The van der Waals surface area contributed by atoms with Crippen LogP contribution in [-0.4, -0.2) is 54.3 Å². The van der Waals surface area contributed by atoms with Crippen molar-refractivity contribution in [2.24, 2.45) is 0 Å². The number of halogens is 2. The number of amides is 2. The Morgan fingerprint density at radius 2 is 2.00 bits per heavy atom. The fourth-order valence-corrected chi connectivity index (χ4v) is 3.24. The number of anilines is 1. The Kier molecular flexibility index (Phi) is 5.84. The van der Waals surface area contributed by atoms with Crippen molar-refractivity contribution in [3.8, 4) is 5.88 Å². The van der Waals surface area contributed by atoms with Crippen LogP contribution in [0.5, 0.6) is 5.88 Å². The van der Waals surface area contributed by atoms with Crippen molar-refractivity contribution in [2.75, 3.05) is 31.5 Å². The molecule has 3 rings (SSSR count). The fourth-order valence-electron chi connectivity index (χ4n) is 3.11. The van der Waals surface area contributed by atoms with Gasteiger partial charge in [0.15, 0.2) is 0 Å². The van der Waals surface area contributed by atoms with Gasteiger partial charge in [-0.3, -0.25) is 9.59 Å². The van der Waals surface area contributed by atoms with Crippen LogP contribution < -0.4 is 9.64 Å². The minimum absolute atomic E-state index is 0.171. The highest BCUT2D eigenvalue weighted by Gasteiger charge is 2.32. The van der Waals surface area contributed by atoms with Gasteiger partial charge in [0.05, 0.1) is 6.04 Å². The molecule has 1 aliphatic heterocycles. The molecule has 28 heavy (non-hydrogen) atoms. The predicted octanol–water partition coefficient (Wildman–Crippen LogP) is 2.87. The van der Waals surface area contributed by atoms with Crippen molar-refractivity contribution in [1.29, 1.82) is 0 Å². The van der Waals surface area contributed by atoms with E-state index in [0.717, 1.165) is 5.56 Å². The van der Waals surface area contributed by atoms with E-state index in [1.54, 1.807) is 37.2 Å². The maximum atomic E-state index is 13.2. The van der Waals surface area contributed by atoms with Crippen LogP contribution in [0.25, 0.3) is 0 Å². The zero-order valence-corrected chi connectivity index (χ0v) is 16.7. The van der Waals surface area contributed by atoms with Crippen LogP contribution in [0.15, 0.2) is 30.3 Å². The van der Waals surface area contributed by atoms with E-state index in [0.29, 0.717) is 17.7 Å². The number of ether oxygens (including phenoxy) is 1. The molecule has 1 aromatic carbocycles. The minimum Gasteiger partial charge on any atom is -0.474 e. The quantitative estimate of drug-likeness (QED) is 0.734. The van der Waals surface area contributed by atoms with Gasteiger partial charge in [-0.2, -0.15) is 0 Å². The standard InChI is InChI=1S/C20H21ClFN3O3/c1-12-11-28-19-16(25(12)17(26)10-21)9-14(18(23-19)20(27)24(2)3)8-13-4-6-15(22)7-5-13/h4-7,9,12H,8,10-11H2,1-3H3. The van der Waals surface area contributed by atoms with Gasteiger partial charge in [-0.1, -0.05) is 12.1 Å². The molecular weight excluding hydrogens is 385 g/mol. The third-order valence-corrected chi connectivity index (χ3v) is 4.74. The summed E-state index contributed by atoms with van der Waals surface area (Å²) in [6.45, 7) is 2.11. The number of hydrogen-bond acceptors (Lipinski definition) is 4. The van der Waals surface area contributed by atoms with E-state index < -0.39 is 0 Å². The SMILES string of the molecule is CC1COc2nc(C(=O)N(C)C)c(Cc3ccc(F)cc3)cc2N1C(=O)CCl. The van der Waals surface area contributed by atoms with Crippen LogP contribution >= 0.6 is 11.6 Å². The lowest BCUT2D eigenvalue weighted by Gasteiger charge is -2.34. The molecule has 1 atom stereocenters. The van der Waals surface area contributed by atoms with Gasteiger partial charge in [0, 0.05) is 14.1 Å². The van der Waals surface area contributed by atoms with Crippen LogP contribution in [-0.2, 0) is 11.2 Å². The van der Waals surface area contributed by atoms with Gasteiger partial charge in [-0.25, -0.2) is 9.37 Å². The summed E-state index contributed by atoms with van der Waals surface area (Å²) < 4.78 is 18.9. The van der Waals surface area contributed by atoms with E-state index in [9.17, 15) is 14.0 Å². The summed E-state index contributed by atoms with van der Waals surface area (Å²) in [5.41, 5.74) is 2.16. The highest BCUT2D eigenvalue weighted by atomic mass is 35.5. The molecule has 0 N–H and O–H groups in total. The van der Waals surface area contributed by atoms with Crippen molar-refractivity contribution in [1.82, 2.24) is 9.88 Å². The smallest absolute Gasteiger partial charge is 0.272 e. The van der Waals surface area contributed by atoms with Gasteiger partial charge in [-0.15, -0.1) is 11.6 Å². The molecule has 6 nitrogen and oxygen atoms in total. The zero-order chi connectivity index (χ0) is 20.4. The molecule has 0 aliphatic carbocycles. The van der Waals surface area contributed by atoms with Crippen LogP contribution in [0.3, 0.4) is 0 Å². The lowest BCUT2D eigenvalue weighted by atomic mass is 10.0. The summed E-state index contributed by atoms with van der Waals surface area (Å²) in [7, 11) is 3.27. The molecule has 0 spiro atoms. The molecule has 1 aliphatic rings. The van der Waals surface area contributed by atoms with Gasteiger partial charge >= 0.3 is 0 Å². The number of nitrogens with zero attached hydrogens (tertiary/aromatic N) is 3. The van der Waals surface area contributed by atoms with Gasteiger partial charge < -0.3 is 14.5 Å². The summed E-state index contributed by atoms with van der Waals surface area (Å²) in [5, 5.41) is 0. The fraction of sp³-hybridized carbons (Fsp3) is 0.350. The van der Waals surface area contributed by atoms with E-state index in [1.165, 1.54) is 17.0 Å². The first-order valence-electron chi connectivity index (χ1n) is 8.82. The normalized spacial score (nSPS) is 15.6. The van der Waals surface area contributed by atoms with Crippen molar-refractivity contribution < 1.29 is 18.7 Å². The zero-order valence-electron chi connectivity index (χ0n) is 15.9. The first kappa shape index (κ1) is 20.1. The topological polar surface area (TPSA) is 62.7 Å². The molecule has 2 amide bonds. The van der Waals surface area contributed by atoms with Crippen LogP contribution in [0.1, 0.15) is 28.5 Å². The monoisotopic (exact) mass is 405 g/mol. The molecule has 8 heteroatoms. The Morgan fingerprint density at radius 1 is 1.32 bits per heavy atom. The second-order valence-electron chi connectivity index (χ2n) is 6.88. The number of pyridine rings is 1. The molecule has 0 saturated heterocycles. The summed E-state index contributed by atoms with van der Waals surface area (Å²) >= 11 is 5.78. The number of benzene rings is 1. The Hall–Kier alpha value is -2.67. The molecule has 148 valence electrons. The highest BCUT2D eigenvalue weighted by molar-refractivity contribution is 6.29. The third-order valence-electron chi connectivity index (χ3n) is 4.51. The van der Waals surface area contributed by atoms with E-state index in [2.05, 4.69) is 4.98 Å². The second kappa shape index (κ2) is 8.14. The number of hydrogen-bond donors (Lipinski definition) is 0. The molecule has 2 heterocycles. The van der Waals surface area contributed by atoms with E-state index in [1.807, 2.05) is 6.92 Å². The molecular formula is C20H21ClFN3O3. The predicted molar refractivity (Wildman–Crippen MR) is 105 cm³/mol. The van der Waals surface area contributed by atoms with Crippen LogP contribution in [0.2, 0.25) is 0 Å². The molecule has 0 saturated carbocycles. The van der Waals surface area contributed by atoms with E-state index >= 15 is 0 Å². The average molecular weight is 406 g/mol. The van der Waals surface area contributed by atoms with Crippen molar-refractivity contribution in [2.45, 2.75) is 19.4 Å². The third kappa shape index (κ3) is 3.94. The van der Waals surface area contributed by atoms with Crippen molar-refractivity contribution in [3.05, 3.63) is 53.0 Å². The Labute approximate surface area is 167 Å². The molecule has 0 bridgehead atoms. The van der Waals surface area contributed by atoms with Crippen molar-refractivity contribution in [3.63, 3.8) is 0 Å². The van der Waals surface area contributed by atoms with Crippen molar-refractivity contribution >= 4 is 29.1 Å². The number of fused-ring (bicyclic) bond motifs is 1. The first-order chi connectivity index (χ1) is 13.3. The average Bonchev–Trinajstić information content (AvgIpc) is 2.68. The first-order valence-corrected chi connectivity index (χ1v) is 9.36.